The van der Waals surface area contributed by atoms with Crippen LogP contribution in [0.15, 0.2) is 328 Å². The molecule has 0 heterocycles. The smallest absolute Gasteiger partial charge is 0.416 e. The van der Waals surface area contributed by atoms with Gasteiger partial charge < -0.3 is 30.2 Å². The van der Waals surface area contributed by atoms with Crippen molar-refractivity contribution in [3.8, 4) is 11.5 Å². The van der Waals surface area contributed by atoms with Gasteiger partial charge in [0.05, 0.1) is 23.3 Å². The van der Waals surface area contributed by atoms with Gasteiger partial charge in [0.25, 0.3) is 5.91 Å². The van der Waals surface area contributed by atoms with Crippen LogP contribution in [0.2, 0.25) is 0 Å². The maximum atomic E-state index is 13.5. The molecule has 0 bridgehead atoms. The molecule has 3 amide bonds. The highest BCUT2D eigenvalue weighted by molar-refractivity contribution is 5.98. The second-order valence-electron chi connectivity index (χ2n) is 28.6. The quantitative estimate of drug-likeness (QED) is 0.0192. The van der Waals surface area contributed by atoms with Gasteiger partial charge in [-0.1, -0.05) is 334 Å². The van der Waals surface area contributed by atoms with Crippen LogP contribution < -0.4 is 25.4 Å². The number of rotatable bonds is 67. The second-order valence-corrected chi connectivity index (χ2v) is 28.6. The number of alkyl halides is 6. The monoisotopic (exact) mass is 1780 g/mol. The summed E-state index contributed by atoms with van der Waals surface area (Å²) in [5.74, 6) is -4.53. The largest absolute Gasteiger partial charge is 0.462 e. The summed E-state index contributed by atoms with van der Waals surface area (Å²) < 4.78 is 96.6. The average molecular weight is 1790 g/mol. The highest BCUT2D eigenvalue weighted by Crippen LogP contribution is 2.35. The number of benzene rings is 2. The molecule has 0 aliphatic carbocycles. The molecule has 18 heteroatoms. The fourth-order valence-corrected chi connectivity index (χ4v) is 10.9. The predicted octanol–water partition coefficient (Wildman–Crippen LogP) is 30.9. The molecular weight excluding hydrogens is 1630 g/mol. The maximum absolute atomic E-state index is 13.5. The molecule has 0 saturated carbocycles. The molecule has 3 N–H and O–H groups in total. The number of carbonyl (C=O) groups is 6. The maximum Gasteiger partial charge on any atom is 0.416 e. The van der Waals surface area contributed by atoms with Crippen molar-refractivity contribution in [2.45, 2.75) is 267 Å². The topological polar surface area (TPSA) is 166 Å². The lowest BCUT2D eigenvalue weighted by Gasteiger charge is -2.14. The first-order valence-corrected chi connectivity index (χ1v) is 45.3. The molecule has 0 unspecified atom stereocenters. The van der Waals surface area contributed by atoms with Crippen molar-refractivity contribution < 1.29 is 69.3 Å². The first-order valence-electron chi connectivity index (χ1n) is 45.3. The van der Waals surface area contributed by atoms with E-state index in [9.17, 15) is 55.1 Å². The normalized spacial score (nSPS) is 12.9. The standard InChI is InChI=1S/C55H72F3NO5.C54H71F3N2O4.2CH4/c1-3-5-7-9-11-13-15-17-19-21-23-25-27-29-31-33-35-37-39-42-52(60)59-46-41-47-63-54(62)50-45-44-49(55(56,57)58)48-51(50)64-53(61)43-40-38-36-34-32-30-28-26-24-22-20-18-16-14-12-10-8-6-4-2;1-3-5-7-9-11-13-15-17-19-21-23-25-27-29-31-33-35-37-39-41-51(60)58-45-46-59-53(62)49-44-43-48(54(55,56)57)47-50(49)63-52(61)42-40-38-36-34-32-30-28-26-24-22-20-18-16-14-12-10-8-6-4-2;;/h5-8,11-14,17-20,23-26,29-32,35-38,44-45,48H,3-4,9-10,15-16,21-22,27-28,33-34,39-43,46-47H2,1-2H3,(H,59,60);5-8,11-14,17-20,23-26,29-32,35-38,43-44,47H,3-4,9-10,15-16,21-22,27-28,33-34,39-42,45-46H2,1-2H3,(H,58,60)(H,59,62);2*1H4/b2*7-5-,8-6-,13-11-,14-12-,19-17-,20-18-,25-23-,26-24-,31-29-,32-30-,37-35-,38-36-;;. The summed E-state index contributed by atoms with van der Waals surface area (Å²) in [5.41, 5.74) is -2.61. The molecule has 2 aromatic carbocycles. The van der Waals surface area contributed by atoms with Crippen molar-refractivity contribution in [2.75, 3.05) is 26.2 Å². The van der Waals surface area contributed by atoms with Crippen LogP contribution in [-0.2, 0) is 36.3 Å². The molecule has 706 valence electrons. The lowest BCUT2D eigenvalue weighted by molar-refractivity contribution is -0.139. The lowest BCUT2D eigenvalue weighted by atomic mass is 10.1. The van der Waals surface area contributed by atoms with Crippen LogP contribution in [0.3, 0.4) is 0 Å². The number of hydrogen-bond acceptors (Lipinski definition) is 9. The first-order chi connectivity index (χ1) is 61.9. The summed E-state index contributed by atoms with van der Waals surface area (Å²) in [7, 11) is 0. The zero-order valence-electron chi connectivity index (χ0n) is 75.8. The highest BCUT2D eigenvalue weighted by Gasteiger charge is 2.34. The van der Waals surface area contributed by atoms with E-state index in [1.54, 1.807) is 12.2 Å². The van der Waals surface area contributed by atoms with Crippen LogP contribution in [-0.4, -0.2) is 61.9 Å². The van der Waals surface area contributed by atoms with E-state index in [0.717, 1.165) is 166 Å². The van der Waals surface area contributed by atoms with Crippen molar-refractivity contribution in [1.29, 1.82) is 0 Å². The summed E-state index contributed by atoms with van der Waals surface area (Å²) in [5, 5.41) is 8.06. The summed E-state index contributed by atoms with van der Waals surface area (Å²) in [6.07, 6.45) is 116. The van der Waals surface area contributed by atoms with Gasteiger partial charge in [-0.25, -0.2) is 4.79 Å². The van der Waals surface area contributed by atoms with Gasteiger partial charge in [-0.05, 0) is 223 Å². The van der Waals surface area contributed by atoms with E-state index in [2.05, 4.69) is 268 Å². The van der Waals surface area contributed by atoms with Gasteiger partial charge in [0, 0.05) is 45.3 Å². The fraction of sp³-hybridized carbons (Fsp3) is 0.405. The zero-order chi connectivity index (χ0) is 92.5. The summed E-state index contributed by atoms with van der Waals surface area (Å²) in [4.78, 5) is 75.3. The highest BCUT2D eigenvalue weighted by atomic mass is 19.4. The third kappa shape index (κ3) is 76.4. The number of amides is 3. The van der Waals surface area contributed by atoms with Crippen molar-refractivity contribution in [2.24, 2.45) is 0 Å². The van der Waals surface area contributed by atoms with Gasteiger partial charge in [-0.15, -0.1) is 0 Å². The molecule has 12 nitrogen and oxygen atoms in total. The number of nitrogens with one attached hydrogen (secondary N) is 3. The number of esters is 3. The van der Waals surface area contributed by atoms with Gasteiger partial charge in [-0.3, -0.25) is 24.0 Å². The van der Waals surface area contributed by atoms with Crippen molar-refractivity contribution in [3.63, 3.8) is 0 Å². The molecule has 0 atom stereocenters. The minimum atomic E-state index is -4.71. The van der Waals surface area contributed by atoms with Gasteiger partial charge in [-0.2, -0.15) is 26.3 Å². The van der Waals surface area contributed by atoms with E-state index in [4.69, 9.17) is 14.2 Å². The minimum Gasteiger partial charge on any atom is -0.462 e. The van der Waals surface area contributed by atoms with Crippen LogP contribution in [0, 0.1) is 0 Å². The molecule has 0 spiro atoms. The number of carbonyl (C=O) groups excluding carboxylic acids is 6. The van der Waals surface area contributed by atoms with E-state index in [1.165, 1.54) is 0 Å². The molecule has 0 saturated heterocycles. The van der Waals surface area contributed by atoms with Crippen molar-refractivity contribution in [3.05, 3.63) is 350 Å². The van der Waals surface area contributed by atoms with E-state index in [1.807, 2.05) is 54.7 Å². The molecule has 0 fully saturated rings. The Hall–Kier alpha value is -11.4. The molecular formula is C111H151F6N3O9. The Balaban J connectivity index is 0. The van der Waals surface area contributed by atoms with E-state index in [0.29, 0.717) is 63.5 Å². The molecule has 2 rings (SSSR count). The Bertz CT molecular complexity index is 4110. The van der Waals surface area contributed by atoms with E-state index < -0.39 is 58.8 Å². The molecule has 2 aromatic rings. The van der Waals surface area contributed by atoms with Crippen LogP contribution in [0.25, 0.3) is 0 Å². The Morgan fingerprint density at radius 3 is 0.752 bits per heavy atom. The van der Waals surface area contributed by atoms with Gasteiger partial charge >= 0.3 is 30.3 Å². The van der Waals surface area contributed by atoms with Gasteiger partial charge in [0.15, 0.2) is 0 Å². The lowest BCUT2D eigenvalue weighted by Crippen LogP contribution is -2.34. The third-order valence-electron chi connectivity index (χ3n) is 17.6. The van der Waals surface area contributed by atoms with E-state index >= 15 is 0 Å². The Labute approximate surface area is 771 Å². The molecule has 0 aliphatic heterocycles. The van der Waals surface area contributed by atoms with Crippen LogP contribution in [0.1, 0.15) is 286 Å². The summed E-state index contributed by atoms with van der Waals surface area (Å²) in [6, 6.07) is 4.71. The Morgan fingerprint density at radius 2 is 0.496 bits per heavy atom. The zero-order valence-corrected chi connectivity index (χ0v) is 75.8. The van der Waals surface area contributed by atoms with Crippen molar-refractivity contribution in [1.82, 2.24) is 16.0 Å². The number of halogens is 6. The Morgan fingerprint density at radius 1 is 0.279 bits per heavy atom. The SMILES string of the molecule is C.C.CC/C=C\C/C=C\C/C=C\C/C=C\C/C=C\C/C=C\CCC(=O)NCCCOC(=O)c1ccc(C(F)(F)F)cc1OC(=O)CC/C=C\C/C=C\C/C=C\C/C=C\C/C=C\C/C=C\CC.CC/C=C\C/C=C\C/C=C\C/C=C\C/C=C\C/C=C\CCC(=O)NCCNC(=O)c1ccc(C(F)(F)F)cc1OC(=O)CC/C=C\C/C=C\C/C=C\C/C=C\C/C=C\C/C=C\CC. The van der Waals surface area contributed by atoms with Crippen LogP contribution in [0.4, 0.5) is 26.3 Å². The van der Waals surface area contributed by atoms with Crippen LogP contribution >= 0.6 is 0 Å². The van der Waals surface area contributed by atoms with Crippen LogP contribution in [0.5, 0.6) is 11.5 Å². The molecule has 0 aromatic heterocycles. The fourth-order valence-electron chi connectivity index (χ4n) is 10.9. The molecule has 0 aliphatic rings. The third-order valence-corrected chi connectivity index (χ3v) is 17.6. The minimum absolute atomic E-state index is 0. The van der Waals surface area contributed by atoms with E-state index in [-0.39, 0.29) is 83.3 Å². The number of allylic oxidation sites excluding steroid dienone is 48. The summed E-state index contributed by atoms with van der Waals surface area (Å²) in [6.45, 7) is 8.81. The number of ether oxygens (including phenoxy) is 3. The predicted molar refractivity (Wildman–Crippen MR) is 531 cm³/mol. The average Bonchev–Trinajstić information content (AvgIpc) is 0.820. The van der Waals surface area contributed by atoms with Gasteiger partial charge in [0.1, 0.15) is 17.1 Å². The van der Waals surface area contributed by atoms with Crippen molar-refractivity contribution >= 4 is 35.6 Å². The summed E-state index contributed by atoms with van der Waals surface area (Å²) >= 11 is 0. The molecule has 129 heavy (non-hydrogen) atoms. The first kappa shape index (κ1) is 120. The van der Waals surface area contributed by atoms with Gasteiger partial charge in [0.2, 0.25) is 11.8 Å². The molecule has 0 radical (unpaired) electrons. The Kier molecular flexibility index (Phi) is 81.0. The number of hydrogen-bond donors (Lipinski definition) is 3. The second kappa shape index (κ2) is 87.3.